The largest absolute Gasteiger partial charge is 0.437 e. The van der Waals surface area contributed by atoms with Gasteiger partial charge in [-0.25, -0.2) is 4.98 Å². The van der Waals surface area contributed by atoms with E-state index >= 15 is 0 Å². The summed E-state index contributed by atoms with van der Waals surface area (Å²) in [6.45, 7) is 3.83. The SMILES string of the molecule is Cc1cc(Oc2ncnc(-n3nnc4ccccc43)c2N)cc(C)c1Cl. The molecule has 26 heavy (non-hydrogen) atoms. The minimum absolute atomic E-state index is 0.246. The quantitative estimate of drug-likeness (QED) is 0.592. The lowest BCUT2D eigenvalue weighted by Gasteiger charge is -2.12. The molecule has 0 saturated heterocycles. The van der Waals surface area contributed by atoms with Crippen LogP contribution in [0.25, 0.3) is 16.9 Å². The van der Waals surface area contributed by atoms with E-state index in [9.17, 15) is 0 Å². The van der Waals surface area contributed by atoms with Crippen LogP contribution in [-0.4, -0.2) is 25.0 Å². The second kappa shape index (κ2) is 6.27. The third-order valence-electron chi connectivity index (χ3n) is 4.00. The second-order valence-corrected chi connectivity index (χ2v) is 6.26. The standard InChI is InChI=1S/C18H15ClN6O/c1-10-7-12(8-11(2)15(10)19)26-18-16(20)17(21-9-22-18)25-14-6-4-3-5-13(14)23-24-25/h3-9H,20H2,1-2H3. The average molecular weight is 367 g/mol. The van der Waals surface area contributed by atoms with Gasteiger partial charge in [0.1, 0.15) is 23.3 Å². The Bertz CT molecular complexity index is 1100. The molecule has 8 heteroatoms. The van der Waals surface area contributed by atoms with Gasteiger partial charge in [-0.05, 0) is 49.2 Å². The fraction of sp³-hybridized carbons (Fsp3) is 0.111. The Morgan fingerprint density at radius 3 is 2.58 bits per heavy atom. The fourth-order valence-electron chi connectivity index (χ4n) is 2.72. The Labute approximate surface area is 154 Å². The number of halogens is 1. The normalized spacial score (nSPS) is 11.0. The van der Waals surface area contributed by atoms with Crippen molar-refractivity contribution in [3.8, 4) is 17.4 Å². The number of anilines is 1. The zero-order chi connectivity index (χ0) is 18.3. The maximum absolute atomic E-state index is 6.25. The number of rotatable bonds is 3. The third-order valence-corrected chi connectivity index (χ3v) is 4.60. The van der Waals surface area contributed by atoms with Gasteiger partial charge in [-0.2, -0.15) is 9.67 Å². The smallest absolute Gasteiger partial charge is 0.248 e. The predicted molar refractivity (Wildman–Crippen MR) is 99.9 cm³/mol. The first-order valence-corrected chi connectivity index (χ1v) is 8.28. The molecule has 130 valence electrons. The molecule has 0 aliphatic rings. The summed E-state index contributed by atoms with van der Waals surface area (Å²) in [6, 6.07) is 11.2. The van der Waals surface area contributed by atoms with Crippen LogP contribution in [0.15, 0.2) is 42.7 Å². The number of ether oxygens (including phenoxy) is 1. The molecule has 4 rings (SSSR count). The number of nitrogens with two attached hydrogens (primary N) is 1. The van der Waals surface area contributed by atoms with Gasteiger partial charge in [0.05, 0.1) is 5.52 Å². The van der Waals surface area contributed by atoms with E-state index in [2.05, 4.69) is 20.3 Å². The van der Waals surface area contributed by atoms with E-state index in [0.717, 1.165) is 22.2 Å². The summed E-state index contributed by atoms with van der Waals surface area (Å²) >= 11 is 6.21. The molecule has 0 aliphatic carbocycles. The summed E-state index contributed by atoms with van der Waals surface area (Å²) in [5.74, 6) is 1.26. The number of hydrogen-bond donors (Lipinski definition) is 1. The number of aromatic nitrogens is 5. The van der Waals surface area contributed by atoms with E-state index in [1.165, 1.54) is 6.33 Å². The summed E-state index contributed by atoms with van der Waals surface area (Å²) in [5.41, 5.74) is 9.89. The van der Waals surface area contributed by atoms with E-state index in [-0.39, 0.29) is 11.6 Å². The molecule has 2 N–H and O–H groups in total. The molecule has 2 aromatic heterocycles. The van der Waals surface area contributed by atoms with Crippen LogP contribution in [0.3, 0.4) is 0 Å². The lowest BCUT2D eigenvalue weighted by atomic mass is 10.1. The fourth-order valence-corrected chi connectivity index (χ4v) is 2.83. The highest BCUT2D eigenvalue weighted by Crippen LogP contribution is 2.32. The summed E-state index contributed by atoms with van der Waals surface area (Å²) in [5, 5.41) is 8.97. The van der Waals surface area contributed by atoms with Gasteiger partial charge in [0, 0.05) is 5.02 Å². The van der Waals surface area contributed by atoms with E-state index < -0.39 is 0 Å². The number of hydrogen-bond acceptors (Lipinski definition) is 6. The van der Waals surface area contributed by atoms with Crippen molar-refractivity contribution < 1.29 is 4.74 Å². The number of para-hydroxylation sites is 1. The van der Waals surface area contributed by atoms with Crippen molar-refractivity contribution >= 4 is 28.3 Å². The summed E-state index contributed by atoms with van der Waals surface area (Å²) in [6.07, 6.45) is 1.38. The van der Waals surface area contributed by atoms with Crippen LogP contribution in [0.5, 0.6) is 11.6 Å². The van der Waals surface area contributed by atoms with Crippen molar-refractivity contribution in [1.29, 1.82) is 0 Å². The molecule has 4 aromatic rings. The monoisotopic (exact) mass is 366 g/mol. The van der Waals surface area contributed by atoms with Crippen LogP contribution in [0, 0.1) is 13.8 Å². The lowest BCUT2D eigenvalue weighted by molar-refractivity contribution is 0.463. The minimum Gasteiger partial charge on any atom is -0.437 e. The molecule has 0 bridgehead atoms. The predicted octanol–water partition coefficient (Wildman–Crippen LogP) is 3.86. The third kappa shape index (κ3) is 2.72. The van der Waals surface area contributed by atoms with Crippen molar-refractivity contribution in [2.24, 2.45) is 0 Å². The Hall–Kier alpha value is -3.19. The molecule has 0 radical (unpaired) electrons. The van der Waals surface area contributed by atoms with Gasteiger partial charge in [0.15, 0.2) is 5.82 Å². The number of nitrogen functional groups attached to an aromatic ring is 1. The molecule has 2 aromatic carbocycles. The summed E-state index contributed by atoms with van der Waals surface area (Å²) in [4.78, 5) is 8.40. The Morgan fingerprint density at radius 1 is 1.08 bits per heavy atom. The van der Waals surface area contributed by atoms with E-state index in [1.807, 2.05) is 50.2 Å². The number of aryl methyl sites for hydroxylation is 2. The van der Waals surface area contributed by atoms with Gasteiger partial charge in [0.25, 0.3) is 0 Å². The van der Waals surface area contributed by atoms with Crippen LogP contribution in [0.2, 0.25) is 5.02 Å². The van der Waals surface area contributed by atoms with Crippen LogP contribution in [0.4, 0.5) is 5.69 Å². The van der Waals surface area contributed by atoms with Gasteiger partial charge in [-0.1, -0.05) is 28.9 Å². The number of benzene rings is 2. The first-order valence-electron chi connectivity index (χ1n) is 7.90. The Morgan fingerprint density at radius 2 is 1.81 bits per heavy atom. The summed E-state index contributed by atoms with van der Waals surface area (Å²) < 4.78 is 7.45. The van der Waals surface area contributed by atoms with E-state index in [0.29, 0.717) is 16.6 Å². The van der Waals surface area contributed by atoms with Gasteiger partial charge in [-0.15, -0.1) is 5.10 Å². The minimum atomic E-state index is 0.246. The maximum atomic E-state index is 6.25. The van der Waals surface area contributed by atoms with Gasteiger partial charge in [-0.3, -0.25) is 0 Å². The number of fused-ring (bicyclic) bond motifs is 1. The molecular weight excluding hydrogens is 352 g/mol. The van der Waals surface area contributed by atoms with Crippen molar-refractivity contribution in [1.82, 2.24) is 25.0 Å². The highest BCUT2D eigenvalue weighted by molar-refractivity contribution is 6.32. The molecule has 0 saturated carbocycles. The average Bonchev–Trinajstić information content (AvgIpc) is 3.05. The van der Waals surface area contributed by atoms with Crippen LogP contribution >= 0.6 is 11.6 Å². The zero-order valence-electron chi connectivity index (χ0n) is 14.1. The van der Waals surface area contributed by atoms with Crippen LogP contribution < -0.4 is 10.5 Å². The second-order valence-electron chi connectivity index (χ2n) is 5.88. The van der Waals surface area contributed by atoms with E-state index in [1.54, 1.807) is 4.68 Å². The topological polar surface area (TPSA) is 91.7 Å². The molecule has 0 spiro atoms. The van der Waals surface area contributed by atoms with Crippen molar-refractivity contribution in [3.63, 3.8) is 0 Å². The molecule has 0 unspecified atom stereocenters. The molecule has 0 amide bonds. The Balaban J connectivity index is 1.77. The molecule has 0 fully saturated rings. The first-order chi connectivity index (χ1) is 12.5. The highest BCUT2D eigenvalue weighted by atomic mass is 35.5. The molecule has 0 atom stereocenters. The van der Waals surface area contributed by atoms with Gasteiger partial charge < -0.3 is 10.5 Å². The molecule has 0 aliphatic heterocycles. The van der Waals surface area contributed by atoms with Crippen molar-refractivity contribution in [3.05, 3.63) is 58.9 Å². The zero-order valence-corrected chi connectivity index (χ0v) is 14.9. The summed E-state index contributed by atoms with van der Waals surface area (Å²) in [7, 11) is 0. The van der Waals surface area contributed by atoms with Gasteiger partial charge in [0.2, 0.25) is 5.88 Å². The van der Waals surface area contributed by atoms with E-state index in [4.69, 9.17) is 22.1 Å². The number of nitrogens with zero attached hydrogens (tertiary/aromatic N) is 5. The molecular formula is C18H15ClN6O. The lowest BCUT2D eigenvalue weighted by Crippen LogP contribution is -2.07. The Kier molecular flexibility index (Phi) is 3.93. The van der Waals surface area contributed by atoms with Crippen LogP contribution in [-0.2, 0) is 0 Å². The molecule has 7 nitrogen and oxygen atoms in total. The first kappa shape index (κ1) is 16.3. The van der Waals surface area contributed by atoms with Crippen LogP contribution in [0.1, 0.15) is 11.1 Å². The van der Waals surface area contributed by atoms with Crippen molar-refractivity contribution in [2.45, 2.75) is 13.8 Å². The van der Waals surface area contributed by atoms with Crippen molar-refractivity contribution in [2.75, 3.05) is 5.73 Å². The maximum Gasteiger partial charge on any atom is 0.248 e. The molecule has 2 heterocycles. The van der Waals surface area contributed by atoms with Gasteiger partial charge >= 0.3 is 0 Å². The highest BCUT2D eigenvalue weighted by Gasteiger charge is 2.16.